The average Bonchev–Trinajstić information content (AvgIpc) is 1.68. The van der Waals surface area contributed by atoms with Gasteiger partial charge in [-0.3, -0.25) is 0 Å². The predicted octanol–water partition coefficient (Wildman–Crippen LogP) is 0.963. The van der Waals surface area contributed by atoms with Crippen molar-refractivity contribution in [2.75, 3.05) is 0 Å². The fourth-order valence-electron chi connectivity index (χ4n) is 0.160. The van der Waals surface area contributed by atoms with Crippen LogP contribution in [0.5, 0.6) is 0 Å². The predicted molar refractivity (Wildman–Crippen MR) is 27.0 cm³/mol. The van der Waals surface area contributed by atoms with Gasteiger partial charge in [0.25, 0.3) is 0 Å². The first-order valence-corrected chi connectivity index (χ1v) is 3.47. The van der Waals surface area contributed by atoms with Gasteiger partial charge in [-0.15, -0.1) is 0 Å². The van der Waals surface area contributed by atoms with E-state index in [0.29, 0.717) is 5.76 Å². The zero-order chi connectivity index (χ0) is 5.70. The molecule has 0 unspecified atom stereocenters. The van der Waals surface area contributed by atoms with Crippen LogP contribution < -0.4 is 0 Å². The van der Waals surface area contributed by atoms with Crippen LogP contribution in [0.15, 0.2) is 24.5 Å². The number of rotatable bonds is 2. The number of aliphatic hydroxyl groups excluding tert-OH is 1. The molecular weight excluding hydrogens is 260 g/mol. The van der Waals surface area contributed by atoms with Crippen molar-refractivity contribution in [1.82, 2.24) is 0 Å². The zero-order valence-corrected chi connectivity index (χ0v) is 6.73. The SMILES string of the molecule is C=CC=C(O)[CH]=[W]. The van der Waals surface area contributed by atoms with E-state index >= 15 is 0 Å². The number of allylic oxidation sites excluding steroid dienone is 3. The van der Waals surface area contributed by atoms with E-state index in [0.717, 1.165) is 0 Å². The molecule has 0 saturated carbocycles. The van der Waals surface area contributed by atoms with Gasteiger partial charge in [-0.2, -0.15) is 0 Å². The van der Waals surface area contributed by atoms with Gasteiger partial charge in [0, 0.05) is 0 Å². The summed E-state index contributed by atoms with van der Waals surface area (Å²) in [5.74, 6) is 0.296. The number of aliphatic hydroxyl groups is 1. The molecule has 0 heterocycles. The molecule has 2 heteroatoms. The maximum absolute atomic E-state index is 8.61. The Labute approximate surface area is 53.8 Å². The van der Waals surface area contributed by atoms with Crippen molar-refractivity contribution in [3.63, 3.8) is 0 Å². The summed E-state index contributed by atoms with van der Waals surface area (Å²) in [5, 5.41) is 8.61. The van der Waals surface area contributed by atoms with Crippen LogP contribution in [0.1, 0.15) is 0 Å². The van der Waals surface area contributed by atoms with Crippen molar-refractivity contribution in [3.8, 4) is 0 Å². The molecule has 0 aliphatic carbocycles. The molecule has 0 aromatic rings. The molecule has 0 atom stereocenters. The summed E-state index contributed by atoms with van der Waals surface area (Å²) in [6, 6.07) is 0. The van der Waals surface area contributed by atoms with Gasteiger partial charge in [-0.05, 0) is 0 Å². The minimum absolute atomic E-state index is 0.296. The number of hydrogen-bond acceptors (Lipinski definition) is 1. The fourth-order valence-corrected chi connectivity index (χ4v) is 0.442. The first-order chi connectivity index (χ1) is 3.31. The summed E-state index contributed by atoms with van der Waals surface area (Å²) >= 11 is 1.24. The summed E-state index contributed by atoms with van der Waals surface area (Å²) < 4.78 is 1.68. The van der Waals surface area contributed by atoms with Gasteiger partial charge in [0.05, 0.1) is 0 Å². The van der Waals surface area contributed by atoms with E-state index in [1.54, 1.807) is 16.6 Å². The van der Waals surface area contributed by atoms with Crippen LogP contribution in [0.2, 0.25) is 0 Å². The standard InChI is InChI=1S/C5H6O.W/c1-3-4-5(2)6;/h2-4,6H,1H2;. The van der Waals surface area contributed by atoms with Crippen molar-refractivity contribution in [2.24, 2.45) is 0 Å². The third kappa shape index (κ3) is 3.67. The van der Waals surface area contributed by atoms with Gasteiger partial charge in [-0.1, -0.05) is 0 Å². The molecular formula is C5H6OW. The van der Waals surface area contributed by atoms with Gasteiger partial charge in [0.15, 0.2) is 0 Å². The van der Waals surface area contributed by atoms with Crippen molar-refractivity contribution in [2.45, 2.75) is 0 Å². The minimum atomic E-state index is 0.296. The second-order valence-corrected chi connectivity index (χ2v) is 1.79. The van der Waals surface area contributed by atoms with Gasteiger partial charge < -0.3 is 0 Å². The van der Waals surface area contributed by atoms with Crippen LogP contribution in [-0.2, 0) is 19.4 Å². The molecule has 0 fully saturated rings. The Bertz CT molecular complexity index is 105. The number of hydrogen-bond donors (Lipinski definition) is 1. The molecule has 38 valence electrons. The third-order valence-electron chi connectivity index (χ3n) is 0.409. The van der Waals surface area contributed by atoms with Crippen LogP contribution in [-0.4, -0.2) is 9.51 Å². The van der Waals surface area contributed by atoms with Gasteiger partial charge in [-0.25, -0.2) is 0 Å². The molecule has 1 N–H and O–H groups in total. The van der Waals surface area contributed by atoms with Crippen LogP contribution in [0.4, 0.5) is 0 Å². The monoisotopic (exact) mass is 266 g/mol. The van der Waals surface area contributed by atoms with E-state index in [4.69, 9.17) is 5.11 Å². The first-order valence-electron chi connectivity index (χ1n) is 1.78. The van der Waals surface area contributed by atoms with Gasteiger partial charge in [0.2, 0.25) is 0 Å². The fraction of sp³-hybridized carbons (Fsp3) is 0. The van der Waals surface area contributed by atoms with E-state index in [9.17, 15) is 0 Å². The molecule has 0 aliphatic heterocycles. The van der Waals surface area contributed by atoms with E-state index in [1.807, 2.05) is 0 Å². The Balaban J connectivity index is 3.72. The molecule has 0 spiro atoms. The third-order valence-corrected chi connectivity index (χ3v) is 1.28. The van der Waals surface area contributed by atoms with Crippen LogP contribution in [0.3, 0.4) is 0 Å². The molecule has 0 saturated heterocycles. The first kappa shape index (κ1) is 6.84. The second-order valence-electron chi connectivity index (χ2n) is 0.945. The van der Waals surface area contributed by atoms with E-state index in [1.165, 1.54) is 19.4 Å². The van der Waals surface area contributed by atoms with Crippen molar-refractivity contribution >= 4 is 4.40 Å². The molecule has 0 aliphatic rings. The quantitative estimate of drug-likeness (QED) is 0.583. The van der Waals surface area contributed by atoms with E-state index < -0.39 is 0 Å². The Morgan fingerprint density at radius 2 is 2.29 bits per heavy atom. The van der Waals surface area contributed by atoms with Gasteiger partial charge >= 0.3 is 53.4 Å². The van der Waals surface area contributed by atoms with Crippen LogP contribution in [0, 0.1) is 0 Å². The maximum atomic E-state index is 8.61. The molecule has 0 aromatic carbocycles. The zero-order valence-electron chi connectivity index (χ0n) is 3.79. The normalized spacial score (nSPS) is 10.6. The summed E-state index contributed by atoms with van der Waals surface area (Å²) in [6.45, 7) is 3.40. The average molecular weight is 266 g/mol. The molecule has 0 rings (SSSR count). The molecule has 0 amide bonds. The Kier molecular flexibility index (Phi) is 3.92. The van der Waals surface area contributed by atoms with Gasteiger partial charge in [0.1, 0.15) is 0 Å². The Morgan fingerprint density at radius 3 is 2.43 bits per heavy atom. The van der Waals surface area contributed by atoms with Crippen molar-refractivity contribution in [3.05, 3.63) is 24.5 Å². The summed E-state index contributed by atoms with van der Waals surface area (Å²) in [4.78, 5) is 0. The Morgan fingerprint density at radius 1 is 1.71 bits per heavy atom. The van der Waals surface area contributed by atoms with Crippen molar-refractivity contribution in [1.29, 1.82) is 0 Å². The Hall–Kier alpha value is -0.162. The summed E-state index contributed by atoms with van der Waals surface area (Å²) in [5.41, 5.74) is 0. The molecule has 1 nitrogen and oxygen atoms in total. The topological polar surface area (TPSA) is 20.2 Å². The molecule has 0 aromatic heterocycles. The van der Waals surface area contributed by atoms with Crippen LogP contribution in [0.25, 0.3) is 0 Å². The van der Waals surface area contributed by atoms with E-state index in [2.05, 4.69) is 6.58 Å². The molecule has 0 radical (unpaired) electrons. The summed E-state index contributed by atoms with van der Waals surface area (Å²) in [7, 11) is 0. The van der Waals surface area contributed by atoms with Crippen molar-refractivity contribution < 1.29 is 24.5 Å². The summed E-state index contributed by atoms with van der Waals surface area (Å²) in [6.07, 6.45) is 3.10. The molecule has 7 heavy (non-hydrogen) atoms. The van der Waals surface area contributed by atoms with Crippen LogP contribution >= 0.6 is 0 Å². The second kappa shape index (κ2) is 4.01. The van der Waals surface area contributed by atoms with E-state index in [-0.39, 0.29) is 0 Å². The molecule has 0 bridgehead atoms.